The summed E-state index contributed by atoms with van der Waals surface area (Å²) >= 11 is 0. The van der Waals surface area contributed by atoms with Crippen molar-refractivity contribution in [2.24, 2.45) is 5.92 Å². The van der Waals surface area contributed by atoms with Gasteiger partial charge in [0.2, 0.25) is 0 Å². The molecule has 1 aliphatic rings. The van der Waals surface area contributed by atoms with Crippen molar-refractivity contribution in [1.82, 2.24) is 5.32 Å². The zero-order valence-corrected chi connectivity index (χ0v) is 13.5. The van der Waals surface area contributed by atoms with E-state index < -0.39 is 0 Å². The molecular formula is C20H25NO. The predicted molar refractivity (Wildman–Crippen MR) is 91.0 cm³/mol. The average Bonchev–Trinajstić information content (AvgIpc) is 2.92. The van der Waals surface area contributed by atoms with Gasteiger partial charge in [-0.25, -0.2) is 0 Å². The molecule has 1 saturated heterocycles. The van der Waals surface area contributed by atoms with Crippen molar-refractivity contribution >= 4 is 0 Å². The molecule has 1 fully saturated rings. The molecule has 0 aliphatic carbocycles. The predicted octanol–water partition coefficient (Wildman–Crippen LogP) is 3.40. The standard InChI is InChI=1S/C20H25NO/c1-15-5-3-4-6-18(15)13-17-7-9-19(10-8-17)20(14-22)16(2)11-12-21-20/h3-10,16,21-22H,11-14H2,1-2H3/t16-,20-/m0/s1. The van der Waals surface area contributed by atoms with Crippen LogP contribution in [0, 0.1) is 12.8 Å². The Morgan fingerprint density at radius 1 is 1.14 bits per heavy atom. The molecular weight excluding hydrogens is 270 g/mol. The highest BCUT2D eigenvalue weighted by molar-refractivity contribution is 5.35. The average molecular weight is 295 g/mol. The van der Waals surface area contributed by atoms with Gasteiger partial charge in [-0.1, -0.05) is 55.5 Å². The zero-order chi connectivity index (χ0) is 15.6. The molecule has 0 saturated carbocycles. The van der Waals surface area contributed by atoms with Crippen molar-refractivity contribution in [2.45, 2.75) is 32.2 Å². The molecule has 2 N–H and O–H groups in total. The highest BCUT2D eigenvalue weighted by atomic mass is 16.3. The molecule has 0 spiro atoms. The Balaban J connectivity index is 1.82. The molecule has 0 unspecified atom stereocenters. The van der Waals surface area contributed by atoms with Crippen LogP contribution in [0.2, 0.25) is 0 Å². The Bertz CT molecular complexity index is 634. The van der Waals surface area contributed by atoms with E-state index in [9.17, 15) is 5.11 Å². The second-order valence-corrected chi connectivity index (χ2v) is 6.55. The fraction of sp³-hybridized carbons (Fsp3) is 0.400. The Morgan fingerprint density at radius 2 is 1.86 bits per heavy atom. The number of nitrogens with one attached hydrogen (secondary N) is 1. The van der Waals surface area contributed by atoms with Gasteiger partial charge in [-0.05, 0) is 54.5 Å². The first-order valence-electron chi connectivity index (χ1n) is 8.15. The summed E-state index contributed by atoms with van der Waals surface area (Å²) in [6.07, 6.45) is 2.08. The molecule has 2 heteroatoms. The van der Waals surface area contributed by atoms with E-state index in [1.807, 2.05) is 0 Å². The van der Waals surface area contributed by atoms with E-state index in [2.05, 4.69) is 67.7 Å². The van der Waals surface area contributed by atoms with Crippen LogP contribution >= 0.6 is 0 Å². The molecule has 1 heterocycles. The van der Waals surface area contributed by atoms with Gasteiger partial charge in [0.1, 0.15) is 0 Å². The molecule has 116 valence electrons. The second kappa shape index (κ2) is 6.23. The zero-order valence-electron chi connectivity index (χ0n) is 13.5. The monoisotopic (exact) mass is 295 g/mol. The Kier molecular flexibility index (Phi) is 4.32. The molecule has 0 bridgehead atoms. The van der Waals surface area contributed by atoms with Crippen LogP contribution in [0.5, 0.6) is 0 Å². The van der Waals surface area contributed by atoms with Crippen molar-refractivity contribution in [2.75, 3.05) is 13.2 Å². The summed E-state index contributed by atoms with van der Waals surface area (Å²) in [4.78, 5) is 0. The maximum Gasteiger partial charge on any atom is 0.0695 e. The van der Waals surface area contributed by atoms with Crippen LogP contribution in [-0.2, 0) is 12.0 Å². The van der Waals surface area contributed by atoms with E-state index in [1.165, 1.54) is 22.3 Å². The first kappa shape index (κ1) is 15.3. The molecule has 3 rings (SSSR count). The summed E-state index contributed by atoms with van der Waals surface area (Å²) < 4.78 is 0. The largest absolute Gasteiger partial charge is 0.394 e. The first-order valence-corrected chi connectivity index (χ1v) is 8.15. The molecule has 0 radical (unpaired) electrons. The van der Waals surface area contributed by atoms with Crippen LogP contribution in [0.1, 0.15) is 35.6 Å². The molecule has 2 atom stereocenters. The summed E-state index contributed by atoms with van der Waals surface area (Å²) in [7, 11) is 0. The maximum absolute atomic E-state index is 9.92. The van der Waals surface area contributed by atoms with Crippen molar-refractivity contribution in [1.29, 1.82) is 0 Å². The third-order valence-electron chi connectivity index (χ3n) is 5.23. The van der Waals surface area contributed by atoms with Crippen LogP contribution in [0.3, 0.4) is 0 Å². The van der Waals surface area contributed by atoms with E-state index in [-0.39, 0.29) is 12.1 Å². The van der Waals surface area contributed by atoms with Crippen LogP contribution in [0.15, 0.2) is 48.5 Å². The van der Waals surface area contributed by atoms with Crippen molar-refractivity contribution in [3.05, 3.63) is 70.8 Å². The molecule has 2 aromatic rings. The van der Waals surface area contributed by atoms with E-state index in [0.29, 0.717) is 5.92 Å². The van der Waals surface area contributed by atoms with Gasteiger partial charge in [0.15, 0.2) is 0 Å². The summed E-state index contributed by atoms with van der Waals surface area (Å²) in [6, 6.07) is 17.3. The lowest BCUT2D eigenvalue weighted by molar-refractivity contribution is 0.144. The Hall–Kier alpha value is -1.64. The highest BCUT2D eigenvalue weighted by Gasteiger charge is 2.40. The van der Waals surface area contributed by atoms with Crippen LogP contribution in [0.25, 0.3) is 0 Å². The fourth-order valence-corrected chi connectivity index (χ4v) is 3.57. The van der Waals surface area contributed by atoms with Crippen molar-refractivity contribution < 1.29 is 5.11 Å². The summed E-state index contributed by atoms with van der Waals surface area (Å²) in [5, 5.41) is 13.4. The SMILES string of the molecule is Cc1ccccc1Cc1ccc([C@@]2(CO)NCC[C@@H]2C)cc1. The van der Waals surface area contributed by atoms with Crippen molar-refractivity contribution in [3.8, 4) is 0 Å². The number of hydrogen-bond acceptors (Lipinski definition) is 2. The Morgan fingerprint density at radius 3 is 2.45 bits per heavy atom. The third-order valence-corrected chi connectivity index (χ3v) is 5.23. The maximum atomic E-state index is 9.92. The summed E-state index contributed by atoms with van der Waals surface area (Å²) in [6.45, 7) is 5.52. The Labute approximate surface area is 133 Å². The smallest absolute Gasteiger partial charge is 0.0695 e. The molecule has 1 aliphatic heterocycles. The van der Waals surface area contributed by atoms with Crippen molar-refractivity contribution in [3.63, 3.8) is 0 Å². The van der Waals surface area contributed by atoms with E-state index in [1.54, 1.807) is 0 Å². The lowest BCUT2D eigenvalue weighted by atomic mass is 9.81. The van der Waals surface area contributed by atoms with Gasteiger partial charge in [-0.15, -0.1) is 0 Å². The van der Waals surface area contributed by atoms with Gasteiger partial charge in [0.05, 0.1) is 12.1 Å². The molecule has 2 aromatic carbocycles. The van der Waals surface area contributed by atoms with Gasteiger partial charge >= 0.3 is 0 Å². The van der Waals surface area contributed by atoms with E-state index >= 15 is 0 Å². The van der Waals surface area contributed by atoms with Gasteiger partial charge in [0, 0.05) is 0 Å². The summed E-state index contributed by atoms with van der Waals surface area (Å²) in [5.41, 5.74) is 4.97. The molecule has 0 aromatic heterocycles. The second-order valence-electron chi connectivity index (χ2n) is 6.55. The number of aliphatic hydroxyl groups is 1. The topological polar surface area (TPSA) is 32.3 Å². The number of aryl methyl sites for hydroxylation is 1. The first-order chi connectivity index (χ1) is 10.7. The van der Waals surface area contributed by atoms with Gasteiger partial charge in [0.25, 0.3) is 0 Å². The van der Waals surface area contributed by atoms with Crippen LogP contribution in [-0.4, -0.2) is 18.3 Å². The minimum absolute atomic E-state index is 0.158. The number of rotatable bonds is 4. The molecule has 2 nitrogen and oxygen atoms in total. The van der Waals surface area contributed by atoms with Gasteiger partial charge in [-0.2, -0.15) is 0 Å². The lowest BCUT2D eigenvalue weighted by Crippen LogP contribution is -2.44. The highest BCUT2D eigenvalue weighted by Crippen LogP contribution is 2.35. The number of aliphatic hydroxyl groups excluding tert-OH is 1. The minimum Gasteiger partial charge on any atom is -0.394 e. The van der Waals surface area contributed by atoms with Gasteiger partial charge < -0.3 is 10.4 Å². The van der Waals surface area contributed by atoms with Crippen LogP contribution in [0.4, 0.5) is 0 Å². The minimum atomic E-state index is -0.263. The number of hydrogen-bond donors (Lipinski definition) is 2. The fourth-order valence-electron chi connectivity index (χ4n) is 3.57. The van der Waals surface area contributed by atoms with Crippen LogP contribution < -0.4 is 5.32 Å². The third kappa shape index (κ3) is 2.69. The number of benzene rings is 2. The normalized spacial score (nSPS) is 24.6. The quantitative estimate of drug-likeness (QED) is 0.906. The van der Waals surface area contributed by atoms with E-state index in [0.717, 1.165) is 19.4 Å². The molecule has 0 amide bonds. The van der Waals surface area contributed by atoms with Gasteiger partial charge in [-0.3, -0.25) is 0 Å². The lowest BCUT2D eigenvalue weighted by Gasteiger charge is -2.32. The summed E-state index contributed by atoms with van der Waals surface area (Å²) in [5.74, 6) is 0.458. The molecule has 22 heavy (non-hydrogen) atoms. The van der Waals surface area contributed by atoms with E-state index in [4.69, 9.17) is 0 Å².